The van der Waals surface area contributed by atoms with E-state index in [0.717, 1.165) is 12.1 Å². The van der Waals surface area contributed by atoms with Gasteiger partial charge in [0.2, 0.25) is 10.0 Å². The average molecular weight is 520 g/mol. The normalized spacial score (nSPS) is 26.7. The van der Waals surface area contributed by atoms with Crippen LogP contribution < -0.4 is 4.90 Å². The van der Waals surface area contributed by atoms with E-state index in [1.165, 1.54) is 21.9 Å². The number of anilines is 1. The summed E-state index contributed by atoms with van der Waals surface area (Å²) in [5.74, 6) is -1.42. The Kier molecular flexibility index (Phi) is 6.78. The summed E-state index contributed by atoms with van der Waals surface area (Å²) < 4.78 is 75.0. The van der Waals surface area contributed by atoms with Crippen LogP contribution in [0, 0.1) is 11.6 Å². The van der Waals surface area contributed by atoms with Gasteiger partial charge in [-0.3, -0.25) is 0 Å². The van der Waals surface area contributed by atoms with Crippen LogP contribution in [0.4, 0.5) is 18.9 Å². The number of hydrogen-bond acceptors (Lipinski definition) is 5. The molecular formula is C25H28F3N5O2S. The number of sulfonamides is 1. The number of nitrogens with zero attached hydrogens (tertiary/aromatic N) is 5. The molecule has 4 atom stereocenters. The average Bonchev–Trinajstić information content (AvgIpc) is 3.38. The van der Waals surface area contributed by atoms with Crippen molar-refractivity contribution in [3.8, 4) is 0 Å². The first kappa shape index (κ1) is 24.8. The maximum atomic E-state index is 15.2. The molecule has 0 unspecified atom stereocenters. The van der Waals surface area contributed by atoms with E-state index in [1.54, 1.807) is 35.8 Å². The van der Waals surface area contributed by atoms with Gasteiger partial charge in [0.05, 0.1) is 18.3 Å². The molecule has 0 bridgehead atoms. The Morgan fingerprint density at radius 3 is 2.42 bits per heavy atom. The fraction of sp³-hybridized carbons (Fsp3) is 0.440. The molecule has 5 rings (SSSR count). The van der Waals surface area contributed by atoms with Gasteiger partial charge in [0.15, 0.2) is 0 Å². The highest BCUT2D eigenvalue weighted by molar-refractivity contribution is 7.89. The summed E-state index contributed by atoms with van der Waals surface area (Å²) in [6.07, 6.45) is 3.04. The van der Waals surface area contributed by atoms with E-state index < -0.39 is 39.1 Å². The molecule has 2 aliphatic heterocycles. The van der Waals surface area contributed by atoms with Crippen LogP contribution in [0.3, 0.4) is 0 Å². The predicted molar refractivity (Wildman–Crippen MR) is 129 cm³/mol. The Bertz CT molecular complexity index is 1310. The lowest BCUT2D eigenvalue weighted by atomic mass is 10.0. The van der Waals surface area contributed by atoms with Crippen molar-refractivity contribution in [2.75, 3.05) is 18.0 Å². The third kappa shape index (κ3) is 4.61. The molecule has 0 amide bonds. The molecule has 11 heteroatoms. The molecule has 0 radical (unpaired) electrons. The smallest absolute Gasteiger partial charge is 0.221 e. The maximum Gasteiger partial charge on any atom is 0.221 e. The van der Waals surface area contributed by atoms with Gasteiger partial charge in [0.1, 0.15) is 35.7 Å². The summed E-state index contributed by atoms with van der Waals surface area (Å²) in [5, 5.41) is 6.69. The van der Waals surface area contributed by atoms with Gasteiger partial charge < -0.3 is 9.47 Å². The SMILES string of the molecule is C[C@H]1CC[C@H](c2ccccc2)S(=O)(=O)N1Cc1cc(F)c(N2CC[C@@H](n3cnnc3)[C@@H](F)C2)cc1F. The third-order valence-electron chi connectivity index (χ3n) is 7.31. The molecule has 0 aliphatic carbocycles. The molecule has 0 spiro atoms. The molecule has 192 valence electrons. The van der Waals surface area contributed by atoms with Crippen LogP contribution in [-0.2, 0) is 16.6 Å². The summed E-state index contributed by atoms with van der Waals surface area (Å²) >= 11 is 0. The van der Waals surface area contributed by atoms with Crippen molar-refractivity contribution in [2.45, 2.75) is 56.2 Å². The summed E-state index contributed by atoms with van der Waals surface area (Å²) in [6, 6.07) is 10.2. The summed E-state index contributed by atoms with van der Waals surface area (Å²) in [7, 11) is -3.79. The number of alkyl halides is 1. The highest BCUT2D eigenvalue weighted by atomic mass is 32.2. The second-order valence-corrected chi connectivity index (χ2v) is 11.6. The molecule has 2 saturated heterocycles. The standard InChI is InChI=1S/C25H28F3N5O2S/c1-17-7-8-25(18-5-3-2-4-6-18)36(34,35)33(17)13-19-11-21(27)24(12-20(19)26)31-10-9-23(22(28)14-31)32-15-29-30-16-32/h2-6,11-12,15-17,22-23,25H,7-10,13-14H2,1H3/t17-,22-,23+,25+/m0/s1. The first-order valence-corrected chi connectivity index (χ1v) is 13.5. The van der Waals surface area contributed by atoms with Gasteiger partial charge in [-0.1, -0.05) is 30.3 Å². The number of halogens is 3. The predicted octanol–water partition coefficient (Wildman–Crippen LogP) is 4.40. The van der Waals surface area contributed by atoms with Crippen LogP contribution in [0.5, 0.6) is 0 Å². The monoisotopic (exact) mass is 519 g/mol. The van der Waals surface area contributed by atoms with Crippen LogP contribution in [0.1, 0.15) is 48.6 Å². The van der Waals surface area contributed by atoms with Crippen molar-refractivity contribution >= 4 is 15.7 Å². The van der Waals surface area contributed by atoms with E-state index in [-0.39, 0.29) is 30.4 Å². The number of rotatable bonds is 5. The summed E-state index contributed by atoms with van der Waals surface area (Å²) in [5.41, 5.74) is 0.612. The van der Waals surface area contributed by atoms with E-state index in [4.69, 9.17) is 0 Å². The molecule has 2 aliphatic rings. The highest BCUT2D eigenvalue weighted by Gasteiger charge is 2.41. The quantitative estimate of drug-likeness (QED) is 0.500. The topological polar surface area (TPSA) is 71.3 Å². The second-order valence-electron chi connectivity index (χ2n) is 9.54. The molecule has 1 aromatic heterocycles. The summed E-state index contributed by atoms with van der Waals surface area (Å²) in [4.78, 5) is 1.49. The van der Waals surface area contributed by atoms with E-state index in [0.29, 0.717) is 31.4 Å². The lowest BCUT2D eigenvalue weighted by Crippen LogP contribution is -2.45. The zero-order valence-corrected chi connectivity index (χ0v) is 20.7. The molecule has 3 heterocycles. The van der Waals surface area contributed by atoms with Gasteiger partial charge in [-0.2, -0.15) is 4.31 Å². The van der Waals surface area contributed by atoms with E-state index in [2.05, 4.69) is 10.2 Å². The van der Waals surface area contributed by atoms with Crippen molar-refractivity contribution in [3.05, 3.63) is 77.9 Å². The second kappa shape index (κ2) is 9.85. The van der Waals surface area contributed by atoms with Crippen LogP contribution in [0.25, 0.3) is 0 Å². The fourth-order valence-corrected chi connectivity index (χ4v) is 7.48. The van der Waals surface area contributed by atoms with E-state index in [9.17, 15) is 12.8 Å². The Hall–Kier alpha value is -2.92. The Balaban J connectivity index is 1.35. The molecule has 0 N–H and O–H groups in total. The lowest BCUT2D eigenvalue weighted by Gasteiger charge is -2.38. The molecule has 3 aromatic rings. The number of piperidine rings is 1. The van der Waals surface area contributed by atoms with Crippen molar-refractivity contribution in [3.63, 3.8) is 0 Å². The largest absolute Gasteiger partial charge is 0.366 e. The van der Waals surface area contributed by atoms with Crippen LogP contribution >= 0.6 is 0 Å². The zero-order chi connectivity index (χ0) is 25.4. The van der Waals surface area contributed by atoms with Crippen LogP contribution in [-0.4, -0.2) is 52.8 Å². The highest BCUT2D eigenvalue weighted by Crippen LogP contribution is 2.39. The molecule has 0 saturated carbocycles. The van der Waals surface area contributed by atoms with Crippen molar-refractivity contribution in [1.29, 1.82) is 0 Å². The number of aromatic nitrogens is 3. The molecule has 36 heavy (non-hydrogen) atoms. The van der Waals surface area contributed by atoms with Gasteiger partial charge in [-0.15, -0.1) is 10.2 Å². The molecule has 2 fully saturated rings. The van der Waals surface area contributed by atoms with Crippen molar-refractivity contribution < 1.29 is 21.6 Å². The minimum Gasteiger partial charge on any atom is -0.366 e. The van der Waals surface area contributed by atoms with Gasteiger partial charge in [0.25, 0.3) is 0 Å². The number of benzene rings is 2. The van der Waals surface area contributed by atoms with E-state index >= 15 is 8.78 Å². The van der Waals surface area contributed by atoms with Crippen LogP contribution in [0.15, 0.2) is 55.1 Å². The zero-order valence-electron chi connectivity index (χ0n) is 19.8. The molecule has 7 nitrogen and oxygen atoms in total. The summed E-state index contributed by atoms with van der Waals surface area (Å²) in [6.45, 7) is 1.74. The molecular weight excluding hydrogens is 491 g/mol. The Labute approximate surface area is 208 Å². The van der Waals surface area contributed by atoms with E-state index in [1.807, 2.05) is 6.07 Å². The molecule has 2 aromatic carbocycles. The first-order valence-electron chi connectivity index (χ1n) is 12.0. The Morgan fingerprint density at radius 2 is 1.72 bits per heavy atom. The van der Waals surface area contributed by atoms with Crippen molar-refractivity contribution in [1.82, 2.24) is 19.1 Å². The van der Waals surface area contributed by atoms with Crippen LogP contribution in [0.2, 0.25) is 0 Å². The van der Waals surface area contributed by atoms with Gasteiger partial charge in [-0.05, 0) is 37.8 Å². The maximum absolute atomic E-state index is 15.2. The van der Waals surface area contributed by atoms with Gasteiger partial charge in [-0.25, -0.2) is 21.6 Å². The van der Waals surface area contributed by atoms with Gasteiger partial charge >= 0.3 is 0 Å². The minimum absolute atomic E-state index is 0.0298. The fourth-order valence-electron chi connectivity index (χ4n) is 5.29. The Morgan fingerprint density at radius 1 is 1.00 bits per heavy atom. The van der Waals surface area contributed by atoms with Crippen molar-refractivity contribution in [2.24, 2.45) is 0 Å². The first-order chi connectivity index (χ1) is 17.3. The van der Waals surface area contributed by atoms with Gasteiger partial charge in [0, 0.05) is 30.8 Å². The number of hydrogen-bond donors (Lipinski definition) is 0. The third-order valence-corrected chi connectivity index (χ3v) is 9.68. The lowest BCUT2D eigenvalue weighted by molar-refractivity contribution is 0.199. The minimum atomic E-state index is -3.79.